The van der Waals surface area contributed by atoms with Gasteiger partial charge < -0.3 is 10.1 Å². The van der Waals surface area contributed by atoms with Gasteiger partial charge in [0.25, 0.3) is 0 Å². The van der Waals surface area contributed by atoms with Crippen molar-refractivity contribution in [1.29, 1.82) is 0 Å². The van der Waals surface area contributed by atoms with Crippen molar-refractivity contribution in [1.82, 2.24) is 15.1 Å². The van der Waals surface area contributed by atoms with Crippen LogP contribution < -0.4 is 5.32 Å². The first-order valence-electron chi connectivity index (χ1n) is 8.50. The first-order chi connectivity index (χ1) is 12.8. The molecule has 27 heavy (non-hydrogen) atoms. The third-order valence-corrected chi connectivity index (χ3v) is 5.02. The van der Waals surface area contributed by atoms with Gasteiger partial charge in [0.2, 0.25) is 5.91 Å². The predicted molar refractivity (Wildman–Crippen MR) is 93.4 cm³/mol. The summed E-state index contributed by atoms with van der Waals surface area (Å²) >= 11 is 5.96. The van der Waals surface area contributed by atoms with Gasteiger partial charge in [-0.2, -0.15) is 18.3 Å². The molecule has 0 unspecified atom stereocenters. The number of benzene rings is 1. The van der Waals surface area contributed by atoms with Crippen molar-refractivity contribution in [3.05, 3.63) is 52.8 Å². The van der Waals surface area contributed by atoms with Crippen LogP contribution in [0, 0.1) is 0 Å². The molecule has 1 saturated heterocycles. The van der Waals surface area contributed by atoms with E-state index in [0.717, 1.165) is 35.4 Å². The summed E-state index contributed by atoms with van der Waals surface area (Å²) in [6.07, 6.45) is -1.92. The summed E-state index contributed by atoms with van der Waals surface area (Å²) in [4.78, 5) is 12.2. The molecule has 0 spiro atoms. The molecule has 1 aliphatic rings. The maximum Gasteiger partial charge on any atom is 0.435 e. The second-order valence-corrected chi connectivity index (χ2v) is 7.01. The normalized spacial score (nSPS) is 16.9. The van der Waals surface area contributed by atoms with Crippen LogP contribution in [0.1, 0.15) is 24.1 Å². The highest BCUT2D eigenvalue weighted by molar-refractivity contribution is 6.30. The van der Waals surface area contributed by atoms with Gasteiger partial charge in [0.1, 0.15) is 6.54 Å². The molecule has 0 saturated carbocycles. The van der Waals surface area contributed by atoms with Crippen molar-refractivity contribution < 1.29 is 22.7 Å². The Morgan fingerprint density at radius 3 is 2.48 bits per heavy atom. The monoisotopic (exact) mass is 401 g/mol. The van der Waals surface area contributed by atoms with E-state index >= 15 is 0 Å². The van der Waals surface area contributed by atoms with Gasteiger partial charge in [0.15, 0.2) is 5.69 Å². The van der Waals surface area contributed by atoms with E-state index in [9.17, 15) is 18.0 Å². The highest BCUT2D eigenvalue weighted by Crippen LogP contribution is 2.35. The summed E-state index contributed by atoms with van der Waals surface area (Å²) < 4.78 is 44.2. The van der Waals surface area contributed by atoms with Gasteiger partial charge in [-0.3, -0.25) is 9.48 Å². The van der Waals surface area contributed by atoms with E-state index in [-0.39, 0.29) is 12.0 Å². The minimum atomic E-state index is -4.53. The lowest BCUT2D eigenvalue weighted by atomic mass is 9.74. The van der Waals surface area contributed by atoms with Crippen LogP contribution >= 0.6 is 11.6 Å². The number of hydrogen-bond acceptors (Lipinski definition) is 3. The first-order valence-corrected chi connectivity index (χ1v) is 8.87. The van der Waals surface area contributed by atoms with E-state index in [4.69, 9.17) is 16.3 Å². The summed E-state index contributed by atoms with van der Waals surface area (Å²) in [5.41, 5.74) is -0.258. The average Bonchev–Trinajstić information content (AvgIpc) is 3.10. The Balaban J connectivity index is 1.65. The zero-order chi connectivity index (χ0) is 19.5. The Hall–Kier alpha value is -2.06. The van der Waals surface area contributed by atoms with Crippen LogP contribution in [0.3, 0.4) is 0 Å². The molecule has 1 amide bonds. The molecule has 2 aromatic rings. The van der Waals surface area contributed by atoms with Gasteiger partial charge in [-0.15, -0.1) is 0 Å². The van der Waals surface area contributed by atoms with Crippen LogP contribution in [-0.4, -0.2) is 35.4 Å². The predicted octanol–water partition coefficient (Wildman–Crippen LogP) is 3.42. The zero-order valence-corrected chi connectivity index (χ0v) is 15.2. The molecule has 0 bridgehead atoms. The molecular weight excluding hydrogens is 383 g/mol. The Bertz CT molecular complexity index is 784. The Kier molecular flexibility index (Phi) is 5.76. The number of carbonyl (C=O) groups is 1. The quantitative estimate of drug-likeness (QED) is 0.835. The summed E-state index contributed by atoms with van der Waals surface area (Å²) in [5.74, 6) is -0.397. The second-order valence-electron chi connectivity index (χ2n) is 6.57. The van der Waals surface area contributed by atoms with Crippen molar-refractivity contribution in [2.24, 2.45) is 0 Å². The van der Waals surface area contributed by atoms with Gasteiger partial charge in [-0.05, 0) is 36.6 Å². The van der Waals surface area contributed by atoms with E-state index in [1.807, 2.05) is 12.1 Å². The molecule has 0 radical (unpaired) electrons. The third-order valence-electron chi connectivity index (χ3n) is 4.77. The van der Waals surface area contributed by atoms with E-state index in [2.05, 4.69) is 10.4 Å². The van der Waals surface area contributed by atoms with Crippen molar-refractivity contribution in [2.75, 3.05) is 19.8 Å². The van der Waals surface area contributed by atoms with Crippen LogP contribution in [0.15, 0.2) is 36.5 Å². The van der Waals surface area contributed by atoms with Crippen LogP contribution in [-0.2, 0) is 27.7 Å². The fourth-order valence-corrected chi connectivity index (χ4v) is 3.33. The molecule has 1 fully saturated rings. The first kappa shape index (κ1) is 19.7. The highest BCUT2D eigenvalue weighted by atomic mass is 35.5. The van der Waals surface area contributed by atoms with Crippen molar-refractivity contribution >= 4 is 17.5 Å². The molecule has 9 heteroatoms. The molecule has 1 aromatic carbocycles. The minimum Gasteiger partial charge on any atom is -0.381 e. The largest absolute Gasteiger partial charge is 0.435 e. The number of aromatic nitrogens is 2. The number of alkyl halides is 3. The SMILES string of the molecule is O=C(Cn1ccc(C(F)(F)F)n1)NCC1(c2ccc(Cl)cc2)CCOCC1. The smallest absolute Gasteiger partial charge is 0.381 e. The summed E-state index contributed by atoms with van der Waals surface area (Å²) in [5, 5.41) is 6.86. The number of rotatable bonds is 5. The summed E-state index contributed by atoms with van der Waals surface area (Å²) in [7, 11) is 0. The number of nitrogens with one attached hydrogen (secondary N) is 1. The van der Waals surface area contributed by atoms with Crippen molar-refractivity contribution in [3.63, 3.8) is 0 Å². The van der Waals surface area contributed by atoms with Gasteiger partial charge in [0.05, 0.1) is 0 Å². The molecule has 146 valence electrons. The zero-order valence-electron chi connectivity index (χ0n) is 14.4. The fraction of sp³-hybridized carbons (Fsp3) is 0.444. The highest BCUT2D eigenvalue weighted by Gasteiger charge is 2.35. The molecule has 1 aromatic heterocycles. The third kappa shape index (κ3) is 4.81. The molecule has 0 aliphatic carbocycles. The van der Waals surface area contributed by atoms with E-state index < -0.39 is 17.8 Å². The number of carbonyl (C=O) groups excluding carboxylic acids is 1. The number of nitrogens with zero attached hydrogens (tertiary/aromatic N) is 2. The van der Waals surface area contributed by atoms with Gasteiger partial charge in [0, 0.05) is 36.4 Å². The Morgan fingerprint density at radius 2 is 1.89 bits per heavy atom. The minimum absolute atomic E-state index is 0.275. The number of hydrogen-bond donors (Lipinski definition) is 1. The number of ether oxygens (including phenoxy) is 1. The average molecular weight is 402 g/mol. The van der Waals surface area contributed by atoms with Crippen molar-refractivity contribution in [3.8, 4) is 0 Å². The molecule has 1 aliphatic heterocycles. The Labute approximate surface area is 159 Å². The van der Waals surface area contributed by atoms with E-state index in [0.29, 0.717) is 24.8 Å². The van der Waals surface area contributed by atoms with Gasteiger partial charge in [-0.25, -0.2) is 0 Å². The molecule has 0 atom stereocenters. The van der Waals surface area contributed by atoms with Gasteiger partial charge >= 0.3 is 6.18 Å². The summed E-state index contributed by atoms with van der Waals surface area (Å²) in [6.45, 7) is 1.24. The maximum atomic E-state index is 12.6. The maximum absolute atomic E-state index is 12.6. The molecule has 5 nitrogen and oxygen atoms in total. The molecule has 3 rings (SSSR count). The van der Waals surface area contributed by atoms with Crippen molar-refractivity contribution in [2.45, 2.75) is 31.0 Å². The topological polar surface area (TPSA) is 56.2 Å². The van der Waals surface area contributed by atoms with E-state index in [1.54, 1.807) is 12.1 Å². The molecule has 1 N–H and O–H groups in total. The lowest BCUT2D eigenvalue weighted by Gasteiger charge is -2.38. The lowest BCUT2D eigenvalue weighted by Crippen LogP contribution is -2.45. The Morgan fingerprint density at radius 1 is 1.22 bits per heavy atom. The number of halogens is 4. The van der Waals surface area contributed by atoms with Gasteiger partial charge in [-0.1, -0.05) is 23.7 Å². The number of amides is 1. The second kappa shape index (κ2) is 7.90. The fourth-order valence-electron chi connectivity index (χ4n) is 3.20. The van der Waals surface area contributed by atoms with Crippen LogP contribution in [0.2, 0.25) is 5.02 Å². The standard InChI is InChI=1S/C18H19ClF3N3O2/c19-14-3-1-13(2-4-14)17(6-9-27-10-7-17)12-23-16(26)11-25-8-5-15(24-25)18(20,21)22/h1-5,8H,6-7,9-12H2,(H,23,26). The van der Waals surface area contributed by atoms with Crippen LogP contribution in [0.4, 0.5) is 13.2 Å². The molecular formula is C18H19ClF3N3O2. The van der Waals surface area contributed by atoms with Crippen LogP contribution in [0.5, 0.6) is 0 Å². The molecule has 2 heterocycles. The summed E-state index contributed by atoms with van der Waals surface area (Å²) in [6, 6.07) is 8.32. The lowest BCUT2D eigenvalue weighted by molar-refractivity contribution is -0.141. The van der Waals surface area contributed by atoms with E-state index in [1.165, 1.54) is 0 Å². The van der Waals surface area contributed by atoms with Crippen LogP contribution in [0.25, 0.3) is 0 Å².